The molecule has 0 saturated carbocycles. The lowest BCUT2D eigenvalue weighted by Crippen LogP contribution is -2.51. The van der Waals surface area contributed by atoms with Crippen LogP contribution < -0.4 is 5.32 Å². The van der Waals surface area contributed by atoms with Gasteiger partial charge >= 0.3 is 18.0 Å². The number of hydrogen-bond donors (Lipinski definition) is 4. The Hall–Kier alpha value is -1.83. The summed E-state index contributed by atoms with van der Waals surface area (Å²) in [5.74, 6) is -2.68. The summed E-state index contributed by atoms with van der Waals surface area (Å²) in [4.78, 5) is 34.3. The second-order valence-electron chi connectivity index (χ2n) is 4.16. The first kappa shape index (κ1) is 14.2. The first-order valence-corrected chi connectivity index (χ1v) is 5.58. The highest BCUT2D eigenvalue weighted by Gasteiger charge is 2.27. The topological polar surface area (TPSA) is 127 Å². The Morgan fingerprint density at radius 1 is 1.22 bits per heavy atom. The molecular weight excluding hydrogens is 244 g/mol. The van der Waals surface area contributed by atoms with Gasteiger partial charge in [-0.15, -0.1) is 0 Å². The van der Waals surface area contributed by atoms with Gasteiger partial charge in [-0.3, -0.25) is 4.79 Å². The number of aliphatic hydroxyl groups is 1. The summed E-state index contributed by atoms with van der Waals surface area (Å²) in [5, 5.41) is 28.7. The number of amides is 2. The lowest BCUT2D eigenvalue weighted by molar-refractivity contribution is -0.145. The van der Waals surface area contributed by atoms with E-state index in [2.05, 4.69) is 5.32 Å². The molecule has 0 aliphatic carbocycles. The number of nitrogens with one attached hydrogen (secondary N) is 1. The van der Waals surface area contributed by atoms with Crippen LogP contribution >= 0.6 is 0 Å². The van der Waals surface area contributed by atoms with Crippen LogP contribution in [0, 0.1) is 0 Å². The number of aliphatic hydroxyl groups excluding tert-OH is 1. The van der Waals surface area contributed by atoms with E-state index in [0.717, 1.165) is 0 Å². The van der Waals surface area contributed by atoms with Gasteiger partial charge in [0.05, 0.1) is 12.5 Å². The number of likely N-dealkylation sites (tertiary alicyclic amines) is 1. The van der Waals surface area contributed by atoms with Gasteiger partial charge in [-0.2, -0.15) is 0 Å². The number of aliphatic carboxylic acids is 2. The van der Waals surface area contributed by atoms with Crippen molar-refractivity contribution in [2.75, 3.05) is 13.1 Å². The molecule has 0 radical (unpaired) electrons. The van der Waals surface area contributed by atoms with Crippen LogP contribution in [0.2, 0.25) is 0 Å². The lowest BCUT2D eigenvalue weighted by atomic mass is 10.1. The van der Waals surface area contributed by atoms with Crippen molar-refractivity contribution < 1.29 is 29.7 Å². The smallest absolute Gasteiger partial charge is 0.326 e. The average Bonchev–Trinajstić information content (AvgIpc) is 2.28. The molecule has 0 spiro atoms. The highest BCUT2D eigenvalue weighted by atomic mass is 16.4. The molecule has 1 atom stereocenters. The molecular formula is C10H16N2O6. The van der Waals surface area contributed by atoms with E-state index in [4.69, 9.17) is 10.2 Å². The summed E-state index contributed by atoms with van der Waals surface area (Å²) in [6, 6.07) is -2.06. The van der Waals surface area contributed by atoms with Crippen LogP contribution in [0.25, 0.3) is 0 Å². The zero-order valence-electron chi connectivity index (χ0n) is 9.70. The van der Waals surface area contributed by atoms with E-state index in [1.54, 1.807) is 0 Å². The fraction of sp³-hybridized carbons (Fsp3) is 0.700. The van der Waals surface area contributed by atoms with E-state index < -0.39 is 36.5 Å². The van der Waals surface area contributed by atoms with Crippen LogP contribution in [-0.4, -0.2) is 63.4 Å². The lowest BCUT2D eigenvalue weighted by Gasteiger charge is -2.30. The number of nitrogens with zero attached hydrogens (tertiary/aromatic N) is 1. The van der Waals surface area contributed by atoms with E-state index >= 15 is 0 Å². The van der Waals surface area contributed by atoms with Crippen LogP contribution in [0.3, 0.4) is 0 Å². The Balaban J connectivity index is 2.50. The zero-order valence-corrected chi connectivity index (χ0v) is 9.70. The van der Waals surface area contributed by atoms with Gasteiger partial charge in [0.2, 0.25) is 0 Å². The van der Waals surface area contributed by atoms with Crippen molar-refractivity contribution in [3.8, 4) is 0 Å². The minimum absolute atomic E-state index is 0.326. The maximum absolute atomic E-state index is 11.7. The van der Waals surface area contributed by atoms with E-state index in [1.165, 1.54) is 4.90 Å². The Bertz CT molecular complexity index is 337. The fourth-order valence-electron chi connectivity index (χ4n) is 1.68. The van der Waals surface area contributed by atoms with Crippen molar-refractivity contribution >= 4 is 18.0 Å². The Labute approximate surface area is 103 Å². The second-order valence-corrected chi connectivity index (χ2v) is 4.16. The molecule has 1 rings (SSSR count). The highest BCUT2D eigenvalue weighted by molar-refractivity contribution is 5.86. The van der Waals surface area contributed by atoms with Crippen molar-refractivity contribution in [2.24, 2.45) is 0 Å². The monoisotopic (exact) mass is 260 g/mol. The summed E-state index contributed by atoms with van der Waals surface area (Å²) in [5.41, 5.74) is 0. The summed E-state index contributed by atoms with van der Waals surface area (Å²) >= 11 is 0. The van der Waals surface area contributed by atoms with Crippen molar-refractivity contribution in [1.82, 2.24) is 10.2 Å². The van der Waals surface area contributed by atoms with Gasteiger partial charge in [-0.25, -0.2) is 9.59 Å². The number of hydrogen-bond acceptors (Lipinski definition) is 4. The largest absolute Gasteiger partial charge is 0.481 e. The summed E-state index contributed by atoms with van der Waals surface area (Å²) in [6.45, 7) is 0.652. The van der Waals surface area contributed by atoms with E-state index in [9.17, 15) is 19.5 Å². The molecule has 2 amide bonds. The zero-order chi connectivity index (χ0) is 13.7. The first-order chi connectivity index (χ1) is 8.40. The molecule has 102 valence electrons. The third kappa shape index (κ3) is 4.21. The highest BCUT2D eigenvalue weighted by Crippen LogP contribution is 2.10. The predicted octanol–water partition coefficient (Wildman–Crippen LogP) is -0.919. The van der Waals surface area contributed by atoms with Gasteiger partial charge in [0.15, 0.2) is 0 Å². The average molecular weight is 260 g/mol. The molecule has 0 aromatic carbocycles. The molecule has 8 nitrogen and oxygen atoms in total. The molecule has 0 aromatic rings. The molecule has 1 aliphatic rings. The number of carboxylic acids is 2. The van der Waals surface area contributed by atoms with Crippen LogP contribution in [0.5, 0.6) is 0 Å². The second kappa shape index (κ2) is 6.20. The molecule has 8 heteroatoms. The van der Waals surface area contributed by atoms with Gasteiger partial charge in [0.1, 0.15) is 6.04 Å². The Morgan fingerprint density at radius 2 is 1.78 bits per heavy atom. The number of carboxylic acid groups (broad SMARTS) is 2. The van der Waals surface area contributed by atoms with Gasteiger partial charge in [-0.1, -0.05) is 0 Å². The SMILES string of the molecule is O=C(O)C[C@@H](NC(=O)N1CCC(O)CC1)C(=O)O. The molecule has 0 bridgehead atoms. The van der Waals surface area contributed by atoms with Gasteiger partial charge in [0.25, 0.3) is 0 Å². The standard InChI is InChI=1S/C10H16N2O6/c13-6-1-3-12(4-2-6)10(18)11-7(9(16)17)5-8(14)15/h6-7,13H,1-5H2,(H,11,18)(H,14,15)(H,16,17)/t7-/m1/s1. The van der Waals surface area contributed by atoms with Crippen molar-refractivity contribution in [3.63, 3.8) is 0 Å². The molecule has 1 fully saturated rings. The number of rotatable bonds is 4. The number of carbonyl (C=O) groups is 3. The molecule has 1 aliphatic heterocycles. The summed E-state index contributed by atoms with van der Waals surface area (Å²) in [7, 11) is 0. The molecule has 1 saturated heterocycles. The Kier molecular flexibility index (Phi) is 4.90. The molecule has 1 heterocycles. The number of carbonyl (C=O) groups excluding carboxylic acids is 1. The number of piperidine rings is 1. The van der Waals surface area contributed by atoms with E-state index in [1.807, 2.05) is 0 Å². The summed E-state index contributed by atoms with van der Waals surface area (Å²) in [6.07, 6.45) is -0.241. The van der Waals surface area contributed by atoms with Gasteiger partial charge in [-0.05, 0) is 12.8 Å². The number of urea groups is 1. The van der Waals surface area contributed by atoms with Gasteiger partial charge in [0, 0.05) is 13.1 Å². The van der Waals surface area contributed by atoms with Crippen LogP contribution in [0.15, 0.2) is 0 Å². The third-order valence-corrected chi connectivity index (χ3v) is 2.73. The molecule has 0 unspecified atom stereocenters. The molecule has 18 heavy (non-hydrogen) atoms. The van der Waals surface area contributed by atoms with Crippen LogP contribution in [-0.2, 0) is 9.59 Å². The maximum atomic E-state index is 11.7. The van der Waals surface area contributed by atoms with Crippen molar-refractivity contribution in [1.29, 1.82) is 0 Å². The fourth-order valence-corrected chi connectivity index (χ4v) is 1.68. The van der Waals surface area contributed by atoms with E-state index in [0.29, 0.717) is 25.9 Å². The minimum atomic E-state index is -1.44. The first-order valence-electron chi connectivity index (χ1n) is 5.58. The van der Waals surface area contributed by atoms with Crippen LogP contribution in [0.1, 0.15) is 19.3 Å². The quantitative estimate of drug-likeness (QED) is 0.517. The van der Waals surface area contributed by atoms with Gasteiger partial charge < -0.3 is 25.5 Å². The van der Waals surface area contributed by atoms with Crippen LogP contribution in [0.4, 0.5) is 4.79 Å². The third-order valence-electron chi connectivity index (χ3n) is 2.73. The molecule has 4 N–H and O–H groups in total. The van der Waals surface area contributed by atoms with Crippen molar-refractivity contribution in [3.05, 3.63) is 0 Å². The van der Waals surface area contributed by atoms with E-state index in [-0.39, 0.29) is 0 Å². The predicted molar refractivity (Wildman–Crippen MR) is 59.0 cm³/mol. The summed E-state index contributed by atoms with van der Waals surface area (Å²) < 4.78 is 0. The Morgan fingerprint density at radius 3 is 2.22 bits per heavy atom. The minimum Gasteiger partial charge on any atom is -0.481 e. The maximum Gasteiger partial charge on any atom is 0.326 e. The molecule has 0 aromatic heterocycles. The van der Waals surface area contributed by atoms with Crippen molar-refractivity contribution in [2.45, 2.75) is 31.4 Å². The normalized spacial score (nSPS) is 18.2.